The van der Waals surface area contributed by atoms with Crippen LogP contribution in [0.25, 0.3) is 0 Å². The van der Waals surface area contributed by atoms with Gasteiger partial charge in [-0.05, 0) is 46.4 Å². The molecule has 4 nitrogen and oxygen atoms in total. The fourth-order valence-electron chi connectivity index (χ4n) is 2.40. The number of ether oxygens (including phenoxy) is 1. The topological polar surface area (TPSA) is 41.7 Å². The van der Waals surface area contributed by atoms with Crippen molar-refractivity contribution in [2.45, 2.75) is 31.7 Å². The van der Waals surface area contributed by atoms with Crippen molar-refractivity contribution in [3.05, 3.63) is 0 Å². The van der Waals surface area contributed by atoms with E-state index in [1.807, 2.05) is 0 Å². The third kappa shape index (κ3) is 6.36. The van der Waals surface area contributed by atoms with Crippen LogP contribution in [0.1, 0.15) is 25.7 Å². The maximum Gasteiger partial charge on any atom is 0.0593 e. The Kier molecular flexibility index (Phi) is 7.77. The summed E-state index contributed by atoms with van der Waals surface area (Å²) in [6.45, 7) is 5.55. The quantitative estimate of drug-likeness (QED) is 0.639. The second-order valence-electron chi connectivity index (χ2n) is 5.12. The van der Waals surface area contributed by atoms with Crippen LogP contribution in [0.4, 0.5) is 0 Å². The number of nitrogens with two attached hydrogens (primary N) is 1. The lowest BCUT2D eigenvalue weighted by atomic mass is 10.00. The number of likely N-dealkylation sites (tertiary alicyclic amines) is 1. The van der Waals surface area contributed by atoms with E-state index in [1.54, 1.807) is 0 Å². The Hall–Kier alpha value is -0.160. The van der Waals surface area contributed by atoms with Gasteiger partial charge in [-0.3, -0.25) is 0 Å². The molecule has 1 aliphatic heterocycles. The molecule has 1 aliphatic rings. The average Bonchev–Trinajstić information content (AvgIpc) is 2.34. The molecule has 0 aromatic rings. The Morgan fingerprint density at radius 1 is 1.29 bits per heavy atom. The molecule has 1 rings (SSSR count). The molecule has 17 heavy (non-hydrogen) atoms. The summed E-state index contributed by atoms with van der Waals surface area (Å²) in [5, 5.41) is 0. The molecule has 1 unspecified atom stereocenters. The molecule has 0 aromatic carbocycles. The summed E-state index contributed by atoms with van der Waals surface area (Å²) in [6, 6.07) is 0.788. The SMILES string of the molecule is CN(CCOCCN)CCC1CCCCN1C. The fourth-order valence-corrected chi connectivity index (χ4v) is 2.40. The van der Waals surface area contributed by atoms with E-state index in [4.69, 9.17) is 10.5 Å². The van der Waals surface area contributed by atoms with Crippen molar-refractivity contribution in [2.24, 2.45) is 5.73 Å². The van der Waals surface area contributed by atoms with Crippen molar-refractivity contribution < 1.29 is 4.74 Å². The summed E-state index contributed by atoms with van der Waals surface area (Å²) in [5.41, 5.74) is 5.37. The first-order valence-corrected chi connectivity index (χ1v) is 6.90. The molecule has 2 N–H and O–H groups in total. The second-order valence-corrected chi connectivity index (χ2v) is 5.12. The molecule has 0 amide bonds. The molecule has 0 spiro atoms. The van der Waals surface area contributed by atoms with Crippen molar-refractivity contribution >= 4 is 0 Å². The summed E-state index contributed by atoms with van der Waals surface area (Å²) < 4.78 is 5.39. The maximum atomic E-state index is 5.39. The molecule has 0 bridgehead atoms. The zero-order valence-electron chi connectivity index (χ0n) is 11.5. The van der Waals surface area contributed by atoms with Gasteiger partial charge in [-0.2, -0.15) is 0 Å². The van der Waals surface area contributed by atoms with Crippen molar-refractivity contribution in [3.63, 3.8) is 0 Å². The maximum absolute atomic E-state index is 5.39. The van der Waals surface area contributed by atoms with Gasteiger partial charge in [0.15, 0.2) is 0 Å². The Morgan fingerprint density at radius 2 is 2.12 bits per heavy atom. The first kappa shape index (κ1) is 14.9. The molecule has 0 aliphatic carbocycles. The first-order valence-electron chi connectivity index (χ1n) is 6.90. The first-order chi connectivity index (χ1) is 8.24. The molecule has 1 saturated heterocycles. The van der Waals surface area contributed by atoms with E-state index in [2.05, 4.69) is 23.9 Å². The lowest BCUT2D eigenvalue weighted by Gasteiger charge is -2.33. The van der Waals surface area contributed by atoms with Crippen LogP contribution in [-0.2, 0) is 4.74 Å². The fraction of sp³-hybridized carbons (Fsp3) is 1.00. The predicted octanol–water partition coefficient (Wildman–Crippen LogP) is 0.768. The molecule has 1 fully saturated rings. The van der Waals surface area contributed by atoms with Crippen LogP contribution in [0.2, 0.25) is 0 Å². The molecule has 1 heterocycles. The number of likely N-dealkylation sites (N-methyl/N-ethyl adjacent to an activating group) is 1. The number of nitrogens with zero attached hydrogens (tertiary/aromatic N) is 2. The Balaban J connectivity index is 2.03. The Bertz CT molecular complexity index is 190. The predicted molar refractivity (Wildman–Crippen MR) is 72.3 cm³/mol. The van der Waals surface area contributed by atoms with E-state index in [0.717, 1.165) is 19.2 Å². The zero-order valence-corrected chi connectivity index (χ0v) is 11.5. The molecule has 1 atom stereocenters. The summed E-state index contributed by atoms with van der Waals surface area (Å²) in [7, 11) is 4.43. The number of piperidine rings is 1. The van der Waals surface area contributed by atoms with Crippen molar-refractivity contribution in [2.75, 3.05) is 53.5 Å². The van der Waals surface area contributed by atoms with E-state index < -0.39 is 0 Å². The van der Waals surface area contributed by atoms with Gasteiger partial charge in [0.25, 0.3) is 0 Å². The highest BCUT2D eigenvalue weighted by Gasteiger charge is 2.18. The smallest absolute Gasteiger partial charge is 0.0593 e. The van der Waals surface area contributed by atoms with Crippen molar-refractivity contribution in [1.29, 1.82) is 0 Å². The summed E-state index contributed by atoms with van der Waals surface area (Å²) in [5.74, 6) is 0. The van der Waals surface area contributed by atoms with E-state index >= 15 is 0 Å². The third-order valence-electron chi connectivity index (χ3n) is 3.65. The molecule has 0 aromatic heterocycles. The number of hydrogen-bond acceptors (Lipinski definition) is 4. The van der Waals surface area contributed by atoms with Gasteiger partial charge in [-0.1, -0.05) is 6.42 Å². The second kappa shape index (κ2) is 8.86. The minimum Gasteiger partial charge on any atom is -0.379 e. The van der Waals surface area contributed by atoms with Gasteiger partial charge in [0.1, 0.15) is 0 Å². The summed E-state index contributed by atoms with van der Waals surface area (Å²) >= 11 is 0. The summed E-state index contributed by atoms with van der Waals surface area (Å²) in [6.07, 6.45) is 5.42. The number of rotatable bonds is 8. The normalized spacial score (nSPS) is 22.2. The van der Waals surface area contributed by atoms with Gasteiger partial charge < -0.3 is 20.3 Å². The van der Waals surface area contributed by atoms with Crippen LogP contribution in [-0.4, -0.2) is 69.3 Å². The molecule has 0 saturated carbocycles. The Morgan fingerprint density at radius 3 is 2.82 bits per heavy atom. The lowest BCUT2D eigenvalue weighted by molar-refractivity contribution is 0.109. The molecular formula is C13H29N3O. The summed E-state index contributed by atoms with van der Waals surface area (Å²) in [4.78, 5) is 4.88. The molecular weight excluding hydrogens is 214 g/mol. The van der Waals surface area contributed by atoms with Crippen molar-refractivity contribution in [1.82, 2.24) is 9.80 Å². The Labute approximate surface area is 106 Å². The average molecular weight is 243 g/mol. The van der Waals surface area contributed by atoms with Crippen LogP contribution in [0, 0.1) is 0 Å². The monoisotopic (exact) mass is 243 g/mol. The highest BCUT2D eigenvalue weighted by Crippen LogP contribution is 2.17. The van der Waals surface area contributed by atoms with Crippen LogP contribution < -0.4 is 5.73 Å². The van der Waals surface area contributed by atoms with Gasteiger partial charge >= 0.3 is 0 Å². The van der Waals surface area contributed by atoms with Gasteiger partial charge in [-0.25, -0.2) is 0 Å². The van der Waals surface area contributed by atoms with E-state index in [0.29, 0.717) is 13.2 Å². The van der Waals surface area contributed by atoms with E-state index in [9.17, 15) is 0 Å². The van der Waals surface area contributed by atoms with Gasteiger partial charge in [0.05, 0.1) is 13.2 Å². The minimum atomic E-state index is 0.622. The van der Waals surface area contributed by atoms with Crippen LogP contribution in [0.5, 0.6) is 0 Å². The van der Waals surface area contributed by atoms with Gasteiger partial charge in [-0.15, -0.1) is 0 Å². The highest BCUT2D eigenvalue weighted by atomic mass is 16.5. The molecule has 0 radical (unpaired) electrons. The van der Waals surface area contributed by atoms with Crippen LogP contribution in [0.3, 0.4) is 0 Å². The standard InChI is InChI=1S/C13H29N3O/c1-15(10-12-17-11-7-14)9-6-13-5-3-4-8-16(13)2/h13H,3-12,14H2,1-2H3. The van der Waals surface area contributed by atoms with Gasteiger partial charge in [0, 0.05) is 19.1 Å². The van der Waals surface area contributed by atoms with Crippen molar-refractivity contribution in [3.8, 4) is 0 Å². The zero-order chi connectivity index (χ0) is 12.5. The third-order valence-corrected chi connectivity index (χ3v) is 3.65. The number of hydrogen-bond donors (Lipinski definition) is 1. The lowest BCUT2D eigenvalue weighted by Crippen LogP contribution is -2.38. The minimum absolute atomic E-state index is 0.622. The largest absolute Gasteiger partial charge is 0.379 e. The van der Waals surface area contributed by atoms with Crippen LogP contribution >= 0.6 is 0 Å². The van der Waals surface area contributed by atoms with Gasteiger partial charge in [0.2, 0.25) is 0 Å². The highest BCUT2D eigenvalue weighted by molar-refractivity contribution is 4.75. The molecule has 102 valence electrons. The van der Waals surface area contributed by atoms with E-state index in [-0.39, 0.29) is 0 Å². The molecule has 4 heteroatoms. The van der Waals surface area contributed by atoms with E-state index in [1.165, 1.54) is 38.8 Å². The van der Waals surface area contributed by atoms with Crippen LogP contribution in [0.15, 0.2) is 0 Å².